The van der Waals surface area contributed by atoms with Crippen molar-refractivity contribution < 1.29 is 18.7 Å². The second-order valence-corrected chi connectivity index (χ2v) is 6.41. The third-order valence-electron chi connectivity index (χ3n) is 4.51. The van der Waals surface area contributed by atoms with Crippen LogP contribution in [0.1, 0.15) is 39.0 Å². The molecule has 2 saturated heterocycles. The monoisotopic (exact) mass is 322 g/mol. The summed E-state index contributed by atoms with van der Waals surface area (Å²) >= 11 is 0. The maximum Gasteiger partial charge on any atom is 0.250 e. The number of aromatic nitrogens is 1. The predicted molar refractivity (Wildman–Crippen MR) is 82.6 cm³/mol. The van der Waals surface area contributed by atoms with Gasteiger partial charge >= 0.3 is 0 Å². The van der Waals surface area contributed by atoms with Crippen LogP contribution in [-0.2, 0) is 9.53 Å². The summed E-state index contributed by atoms with van der Waals surface area (Å²) in [6, 6.07) is 2.88. The number of nitrogens with zero attached hydrogens (tertiary/aromatic N) is 2. The molecule has 3 rings (SSSR count). The summed E-state index contributed by atoms with van der Waals surface area (Å²) in [5, 5.41) is 0. The first-order valence-electron chi connectivity index (χ1n) is 8.31. The molecule has 2 aliphatic rings. The third kappa shape index (κ3) is 3.63. The first-order chi connectivity index (χ1) is 11.1. The number of carbonyl (C=O) groups excluding carboxylic acids is 1. The highest BCUT2D eigenvalue weighted by Gasteiger charge is 2.49. The maximum atomic E-state index is 13.6. The highest BCUT2D eigenvalue weighted by atomic mass is 19.1. The lowest BCUT2D eigenvalue weighted by Gasteiger charge is -2.52. The summed E-state index contributed by atoms with van der Waals surface area (Å²) in [7, 11) is 0. The Labute approximate surface area is 135 Å². The van der Waals surface area contributed by atoms with Crippen LogP contribution in [-0.4, -0.2) is 47.2 Å². The van der Waals surface area contributed by atoms with Crippen LogP contribution in [0.4, 0.5) is 4.39 Å². The number of hydrogen-bond donors (Lipinski definition) is 0. The van der Waals surface area contributed by atoms with Crippen LogP contribution in [0.3, 0.4) is 0 Å². The van der Waals surface area contributed by atoms with Crippen molar-refractivity contribution in [3.05, 3.63) is 24.1 Å². The van der Waals surface area contributed by atoms with Gasteiger partial charge in [-0.05, 0) is 18.6 Å². The number of hydrogen-bond acceptors (Lipinski definition) is 4. The zero-order chi connectivity index (χ0) is 16.3. The maximum absolute atomic E-state index is 13.6. The van der Waals surface area contributed by atoms with Gasteiger partial charge in [0.2, 0.25) is 5.91 Å². The molecule has 6 heteroatoms. The van der Waals surface area contributed by atoms with Gasteiger partial charge < -0.3 is 14.4 Å². The molecule has 0 radical (unpaired) electrons. The van der Waals surface area contributed by atoms with Crippen LogP contribution in [0.15, 0.2) is 18.3 Å². The Morgan fingerprint density at radius 3 is 3.13 bits per heavy atom. The first-order valence-corrected chi connectivity index (χ1v) is 8.31. The zero-order valence-electron chi connectivity index (χ0n) is 13.5. The number of halogens is 1. The van der Waals surface area contributed by atoms with Gasteiger partial charge in [0.15, 0.2) is 5.82 Å². The fourth-order valence-corrected chi connectivity index (χ4v) is 3.23. The second-order valence-electron chi connectivity index (χ2n) is 6.41. The average Bonchev–Trinajstić information content (AvgIpc) is 2.52. The Balaban J connectivity index is 1.54. The van der Waals surface area contributed by atoms with Gasteiger partial charge in [-0.2, -0.15) is 0 Å². The lowest BCUT2D eigenvalue weighted by Crippen LogP contribution is -2.67. The van der Waals surface area contributed by atoms with E-state index in [0.717, 1.165) is 12.8 Å². The molecule has 0 bridgehead atoms. The van der Waals surface area contributed by atoms with Crippen LogP contribution < -0.4 is 4.74 Å². The smallest absolute Gasteiger partial charge is 0.250 e. The molecular formula is C17H23FN2O3. The molecule has 0 unspecified atom stereocenters. The van der Waals surface area contributed by atoms with Gasteiger partial charge in [-0.15, -0.1) is 0 Å². The van der Waals surface area contributed by atoms with Crippen LogP contribution >= 0.6 is 0 Å². The van der Waals surface area contributed by atoms with Crippen molar-refractivity contribution in [2.24, 2.45) is 0 Å². The molecule has 0 N–H and O–H groups in total. The van der Waals surface area contributed by atoms with E-state index in [1.807, 2.05) is 4.90 Å². The molecule has 2 aliphatic heterocycles. The van der Waals surface area contributed by atoms with E-state index in [-0.39, 0.29) is 23.5 Å². The fraction of sp³-hybridized carbons (Fsp3) is 0.647. The SMILES string of the molecule is CCCCC(=O)N1CC2(C[C@@H](Oc3ncccc3F)CCO2)C1. The minimum absolute atomic E-state index is 0.0461. The lowest BCUT2D eigenvalue weighted by atomic mass is 9.84. The van der Waals surface area contributed by atoms with Crippen LogP contribution in [0.25, 0.3) is 0 Å². The number of rotatable bonds is 5. The van der Waals surface area contributed by atoms with E-state index in [0.29, 0.717) is 39.0 Å². The summed E-state index contributed by atoms with van der Waals surface area (Å²) in [6.45, 7) is 3.87. The van der Waals surface area contributed by atoms with Crippen molar-refractivity contribution in [2.75, 3.05) is 19.7 Å². The molecule has 1 amide bonds. The Hall–Kier alpha value is -1.69. The van der Waals surface area contributed by atoms with Crippen molar-refractivity contribution >= 4 is 5.91 Å². The van der Waals surface area contributed by atoms with Gasteiger partial charge in [0.1, 0.15) is 11.7 Å². The highest BCUT2D eigenvalue weighted by molar-refractivity contribution is 5.77. The molecular weight excluding hydrogens is 299 g/mol. The Bertz CT molecular complexity index is 561. The van der Waals surface area contributed by atoms with Crippen molar-refractivity contribution in [1.82, 2.24) is 9.88 Å². The van der Waals surface area contributed by atoms with E-state index in [1.54, 1.807) is 6.07 Å². The number of likely N-dealkylation sites (tertiary alicyclic amines) is 1. The van der Waals surface area contributed by atoms with E-state index < -0.39 is 5.82 Å². The minimum Gasteiger partial charge on any atom is -0.472 e. The zero-order valence-corrected chi connectivity index (χ0v) is 13.5. The quantitative estimate of drug-likeness (QED) is 0.836. The summed E-state index contributed by atoms with van der Waals surface area (Å²) in [5.41, 5.74) is -0.323. The largest absolute Gasteiger partial charge is 0.472 e. The molecule has 1 aromatic rings. The second kappa shape index (κ2) is 6.83. The minimum atomic E-state index is -0.446. The van der Waals surface area contributed by atoms with Gasteiger partial charge in [0.05, 0.1) is 19.7 Å². The molecule has 0 aromatic carbocycles. The fourth-order valence-electron chi connectivity index (χ4n) is 3.23. The first kappa shape index (κ1) is 16.2. The van der Waals surface area contributed by atoms with Gasteiger partial charge in [0, 0.05) is 25.5 Å². The topological polar surface area (TPSA) is 51.7 Å². The number of amides is 1. The van der Waals surface area contributed by atoms with Crippen molar-refractivity contribution in [3.8, 4) is 5.88 Å². The Morgan fingerprint density at radius 1 is 1.57 bits per heavy atom. The number of ether oxygens (including phenoxy) is 2. The van der Waals surface area contributed by atoms with Crippen molar-refractivity contribution in [1.29, 1.82) is 0 Å². The summed E-state index contributed by atoms with van der Waals surface area (Å²) < 4.78 is 25.3. The van der Waals surface area contributed by atoms with Crippen LogP contribution in [0.5, 0.6) is 5.88 Å². The molecule has 126 valence electrons. The van der Waals surface area contributed by atoms with Gasteiger partial charge in [-0.25, -0.2) is 9.37 Å². The van der Waals surface area contributed by atoms with Crippen molar-refractivity contribution in [3.63, 3.8) is 0 Å². The summed E-state index contributed by atoms with van der Waals surface area (Å²) in [6.07, 6.45) is 5.32. The van der Waals surface area contributed by atoms with Gasteiger partial charge in [-0.3, -0.25) is 4.79 Å². The third-order valence-corrected chi connectivity index (χ3v) is 4.51. The van der Waals surface area contributed by atoms with Crippen LogP contribution in [0, 0.1) is 5.82 Å². The standard InChI is InChI=1S/C17H23FN2O3/c1-2-3-6-15(21)20-11-17(12-20)10-13(7-9-22-17)23-16-14(18)5-4-8-19-16/h4-5,8,13H,2-3,6-7,9-12H2,1H3/t13-/m0/s1. The molecule has 0 saturated carbocycles. The van der Waals surface area contributed by atoms with Crippen LogP contribution in [0.2, 0.25) is 0 Å². The lowest BCUT2D eigenvalue weighted by molar-refractivity contribution is -0.193. The average molecular weight is 322 g/mol. The highest BCUT2D eigenvalue weighted by Crippen LogP contribution is 2.36. The predicted octanol–water partition coefficient (Wildman–Crippen LogP) is 2.55. The van der Waals surface area contributed by atoms with Gasteiger partial charge in [-0.1, -0.05) is 13.3 Å². The van der Waals surface area contributed by atoms with E-state index in [4.69, 9.17) is 9.47 Å². The van der Waals surface area contributed by atoms with Gasteiger partial charge in [0.25, 0.3) is 5.88 Å². The molecule has 1 aromatic heterocycles. The van der Waals surface area contributed by atoms with E-state index in [2.05, 4.69) is 11.9 Å². The van der Waals surface area contributed by atoms with Crippen molar-refractivity contribution in [2.45, 2.75) is 50.7 Å². The Kier molecular flexibility index (Phi) is 4.80. The Morgan fingerprint density at radius 2 is 2.39 bits per heavy atom. The number of unbranched alkanes of at least 4 members (excludes halogenated alkanes) is 1. The summed E-state index contributed by atoms with van der Waals surface area (Å²) in [4.78, 5) is 17.8. The molecule has 3 heterocycles. The van der Waals surface area contributed by atoms with E-state index in [9.17, 15) is 9.18 Å². The van der Waals surface area contributed by atoms with E-state index in [1.165, 1.54) is 12.3 Å². The molecule has 23 heavy (non-hydrogen) atoms. The summed E-state index contributed by atoms with van der Waals surface area (Å²) in [5.74, 6) is -0.206. The number of carbonyl (C=O) groups is 1. The van der Waals surface area contributed by atoms with E-state index >= 15 is 0 Å². The molecule has 0 aliphatic carbocycles. The molecule has 1 spiro atoms. The number of pyridine rings is 1. The molecule has 2 fully saturated rings. The molecule has 1 atom stereocenters. The molecule has 5 nitrogen and oxygen atoms in total. The normalized spacial score (nSPS) is 22.7.